The van der Waals surface area contributed by atoms with Gasteiger partial charge in [-0.3, -0.25) is 4.79 Å². The van der Waals surface area contributed by atoms with Crippen LogP contribution in [-0.2, 0) is 20.0 Å². The number of thioether (sulfide) groups is 1. The zero-order valence-corrected chi connectivity index (χ0v) is 15.7. The third-order valence-electron chi connectivity index (χ3n) is 4.15. The summed E-state index contributed by atoms with van der Waals surface area (Å²) in [4.78, 5) is 21.3. The highest BCUT2D eigenvalue weighted by Crippen LogP contribution is 2.22. The molecule has 0 aliphatic carbocycles. The number of fused-ring (bicyclic) bond motifs is 1. The van der Waals surface area contributed by atoms with E-state index < -0.39 is 0 Å². The number of hydrogen-bond acceptors (Lipinski definition) is 5. The number of benzene rings is 1. The summed E-state index contributed by atoms with van der Waals surface area (Å²) in [6.07, 6.45) is 6.67. The first-order chi connectivity index (χ1) is 12.1. The molecule has 0 amide bonds. The van der Waals surface area contributed by atoms with E-state index in [2.05, 4.69) is 23.3 Å². The summed E-state index contributed by atoms with van der Waals surface area (Å²) in [5.74, 6) is 2.73. The number of aryl methyl sites for hydroxylation is 3. The number of aromatic nitrogens is 5. The van der Waals surface area contributed by atoms with Gasteiger partial charge in [0, 0.05) is 31.3 Å². The van der Waals surface area contributed by atoms with Crippen LogP contribution in [0.4, 0.5) is 0 Å². The summed E-state index contributed by atoms with van der Waals surface area (Å²) in [5, 5.41) is 5.30. The third-order valence-corrected chi connectivity index (χ3v) is 4.76. The molecule has 2 aromatic heterocycles. The van der Waals surface area contributed by atoms with Gasteiger partial charge in [-0.15, -0.1) is 0 Å². The lowest BCUT2D eigenvalue weighted by Gasteiger charge is -2.06. The lowest BCUT2D eigenvalue weighted by atomic mass is 10.1. The van der Waals surface area contributed by atoms with E-state index in [1.807, 2.05) is 22.9 Å². The van der Waals surface area contributed by atoms with Crippen molar-refractivity contribution < 1.29 is 0 Å². The molecule has 3 aromatic rings. The van der Waals surface area contributed by atoms with Crippen LogP contribution in [0.5, 0.6) is 0 Å². The van der Waals surface area contributed by atoms with Crippen LogP contribution in [0, 0.1) is 0 Å². The highest BCUT2D eigenvalue weighted by molar-refractivity contribution is 7.98. The Kier molecular flexibility index (Phi) is 5.53. The van der Waals surface area contributed by atoms with Gasteiger partial charge in [0.25, 0.3) is 5.56 Å². The van der Waals surface area contributed by atoms with Crippen LogP contribution in [0.15, 0.2) is 29.3 Å². The van der Waals surface area contributed by atoms with Gasteiger partial charge < -0.3 is 4.57 Å². The second-order valence-electron chi connectivity index (χ2n) is 6.06. The molecule has 0 saturated carbocycles. The topological polar surface area (TPSA) is 65.6 Å². The fraction of sp³-hybridized carbons (Fsp3) is 0.444. The molecular formula is C18H23N5OS. The summed E-state index contributed by atoms with van der Waals surface area (Å²) in [6, 6.07) is 5.71. The molecule has 132 valence electrons. The lowest BCUT2D eigenvalue weighted by molar-refractivity contribution is 0.571. The Balaban J connectivity index is 2.04. The van der Waals surface area contributed by atoms with Gasteiger partial charge in [-0.25, -0.2) is 14.6 Å². The Bertz CT molecular complexity index is 931. The van der Waals surface area contributed by atoms with E-state index in [-0.39, 0.29) is 5.56 Å². The van der Waals surface area contributed by atoms with Crippen molar-refractivity contribution in [3.63, 3.8) is 0 Å². The van der Waals surface area contributed by atoms with E-state index in [1.165, 1.54) is 4.57 Å². The fourth-order valence-electron chi connectivity index (χ4n) is 2.72. The predicted octanol–water partition coefficient (Wildman–Crippen LogP) is 2.90. The minimum atomic E-state index is -0.0374. The zero-order valence-electron chi connectivity index (χ0n) is 14.9. The van der Waals surface area contributed by atoms with Crippen molar-refractivity contribution in [1.29, 1.82) is 0 Å². The first-order valence-corrected chi connectivity index (χ1v) is 9.92. The molecule has 0 spiro atoms. The Morgan fingerprint density at radius 3 is 2.88 bits per heavy atom. The quantitative estimate of drug-likeness (QED) is 0.650. The Labute approximate surface area is 151 Å². The van der Waals surface area contributed by atoms with Gasteiger partial charge in [0.1, 0.15) is 0 Å². The van der Waals surface area contributed by atoms with Gasteiger partial charge in [0.2, 0.25) is 0 Å². The van der Waals surface area contributed by atoms with Gasteiger partial charge in [-0.2, -0.15) is 16.9 Å². The molecule has 3 rings (SSSR count). The van der Waals surface area contributed by atoms with Gasteiger partial charge in [-0.1, -0.05) is 19.4 Å². The maximum atomic E-state index is 12.2. The SMILES string of the molecule is CCCCn1nc(CCSC)nc1-c1ccc2c(=O)n(C)cnc2c1. The van der Waals surface area contributed by atoms with Crippen LogP contribution < -0.4 is 5.56 Å². The summed E-state index contributed by atoms with van der Waals surface area (Å²) >= 11 is 1.79. The molecule has 1 aromatic carbocycles. The van der Waals surface area contributed by atoms with E-state index in [9.17, 15) is 4.79 Å². The molecule has 0 aliphatic rings. The second kappa shape index (κ2) is 7.82. The Hall–Kier alpha value is -2.15. The van der Waals surface area contributed by atoms with Gasteiger partial charge in [0.05, 0.1) is 17.2 Å². The van der Waals surface area contributed by atoms with Crippen LogP contribution in [0.25, 0.3) is 22.3 Å². The maximum Gasteiger partial charge on any atom is 0.260 e. The minimum Gasteiger partial charge on any atom is -0.302 e. The van der Waals surface area contributed by atoms with Gasteiger partial charge >= 0.3 is 0 Å². The van der Waals surface area contributed by atoms with E-state index in [0.717, 1.165) is 48.8 Å². The van der Waals surface area contributed by atoms with Crippen molar-refractivity contribution in [3.8, 4) is 11.4 Å². The third kappa shape index (κ3) is 3.76. The van der Waals surface area contributed by atoms with Crippen molar-refractivity contribution >= 4 is 22.7 Å². The summed E-state index contributed by atoms with van der Waals surface area (Å²) in [7, 11) is 1.71. The average molecular weight is 357 g/mol. The van der Waals surface area contributed by atoms with Crippen LogP contribution >= 0.6 is 11.8 Å². The number of unbranched alkanes of at least 4 members (excludes halogenated alkanes) is 1. The average Bonchev–Trinajstić information content (AvgIpc) is 3.04. The lowest BCUT2D eigenvalue weighted by Crippen LogP contribution is -2.16. The molecular weight excluding hydrogens is 334 g/mol. The van der Waals surface area contributed by atoms with E-state index in [1.54, 1.807) is 25.1 Å². The predicted molar refractivity (Wildman–Crippen MR) is 103 cm³/mol. The molecule has 0 saturated heterocycles. The van der Waals surface area contributed by atoms with E-state index in [0.29, 0.717) is 10.9 Å². The smallest absolute Gasteiger partial charge is 0.260 e. The van der Waals surface area contributed by atoms with Crippen LogP contribution in [-0.4, -0.2) is 36.3 Å². The van der Waals surface area contributed by atoms with Crippen molar-refractivity contribution in [2.24, 2.45) is 7.05 Å². The molecule has 0 bridgehead atoms. The van der Waals surface area contributed by atoms with E-state index >= 15 is 0 Å². The fourth-order valence-corrected chi connectivity index (χ4v) is 3.10. The summed E-state index contributed by atoms with van der Waals surface area (Å²) in [5.41, 5.74) is 1.60. The molecule has 7 heteroatoms. The molecule has 0 aliphatic heterocycles. The van der Waals surface area contributed by atoms with Gasteiger partial charge in [-0.05, 0) is 24.8 Å². The number of rotatable bonds is 7. The molecule has 25 heavy (non-hydrogen) atoms. The maximum absolute atomic E-state index is 12.2. The van der Waals surface area contributed by atoms with Gasteiger partial charge in [0.15, 0.2) is 11.6 Å². The highest BCUT2D eigenvalue weighted by Gasteiger charge is 2.13. The summed E-state index contributed by atoms with van der Waals surface area (Å²) < 4.78 is 3.48. The molecule has 2 heterocycles. The highest BCUT2D eigenvalue weighted by atomic mass is 32.2. The first-order valence-electron chi connectivity index (χ1n) is 8.52. The first kappa shape index (κ1) is 17.7. The Morgan fingerprint density at radius 2 is 2.12 bits per heavy atom. The largest absolute Gasteiger partial charge is 0.302 e. The van der Waals surface area contributed by atoms with E-state index in [4.69, 9.17) is 4.98 Å². The van der Waals surface area contributed by atoms with Crippen LogP contribution in [0.1, 0.15) is 25.6 Å². The molecule has 0 radical (unpaired) electrons. The molecule has 0 N–H and O–H groups in total. The summed E-state index contributed by atoms with van der Waals surface area (Å²) in [6.45, 7) is 3.01. The standard InChI is InChI=1S/C18H23N5OS/c1-4-5-9-23-17(20-16(21-23)8-10-25-3)13-6-7-14-15(11-13)19-12-22(2)18(14)24/h6-7,11-12H,4-5,8-10H2,1-3H3. The van der Waals surface area contributed by atoms with Crippen LogP contribution in [0.3, 0.4) is 0 Å². The number of nitrogens with zero attached hydrogens (tertiary/aromatic N) is 5. The number of hydrogen-bond donors (Lipinski definition) is 0. The van der Waals surface area contributed by atoms with Crippen molar-refractivity contribution in [2.75, 3.05) is 12.0 Å². The molecule has 0 fully saturated rings. The normalized spacial score (nSPS) is 11.3. The van der Waals surface area contributed by atoms with Crippen LogP contribution in [0.2, 0.25) is 0 Å². The second-order valence-corrected chi connectivity index (χ2v) is 7.05. The van der Waals surface area contributed by atoms with Crippen molar-refractivity contribution in [2.45, 2.75) is 32.7 Å². The monoisotopic (exact) mass is 357 g/mol. The molecule has 6 nitrogen and oxygen atoms in total. The molecule has 0 atom stereocenters. The Morgan fingerprint density at radius 1 is 1.28 bits per heavy atom. The minimum absolute atomic E-state index is 0.0374. The zero-order chi connectivity index (χ0) is 17.8. The van der Waals surface area contributed by atoms with Crippen molar-refractivity contribution in [3.05, 3.63) is 40.7 Å². The van der Waals surface area contributed by atoms with Crippen molar-refractivity contribution in [1.82, 2.24) is 24.3 Å². The molecule has 0 unspecified atom stereocenters.